The summed E-state index contributed by atoms with van der Waals surface area (Å²) in [6.07, 6.45) is 0.788. The molecule has 1 amide bonds. The Morgan fingerprint density at radius 3 is 2.74 bits per heavy atom. The second kappa shape index (κ2) is 9.19. The molecule has 0 atom stereocenters. The van der Waals surface area contributed by atoms with Gasteiger partial charge in [0, 0.05) is 20.3 Å². The minimum absolute atomic E-state index is 0.0496. The van der Waals surface area contributed by atoms with Gasteiger partial charge in [0.1, 0.15) is 24.7 Å². The lowest BCUT2D eigenvalue weighted by Crippen LogP contribution is -2.29. The van der Waals surface area contributed by atoms with Crippen LogP contribution in [0.15, 0.2) is 48.5 Å². The monoisotopic (exact) mass is 367 g/mol. The molecule has 0 aliphatic carbocycles. The molecule has 0 saturated heterocycles. The molecule has 3 aromatic rings. The van der Waals surface area contributed by atoms with Crippen molar-refractivity contribution in [1.29, 1.82) is 0 Å². The normalized spacial score (nSPS) is 10.9. The third-order valence-electron chi connectivity index (χ3n) is 4.33. The van der Waals surface area contributed by atoms with Gasteiger partial charge in [-0.15, -0.1) is 0 Å². The van der Waals surface area contributed by atoms with E-state index in [0.29, 0.717) is 19.8 Å². The smallest absolute Gasteiger partial charge is 0.240 e. The molecule has 0 aliphatic heterocycles. The van der Waals surface area contributed by atoms with Crippen LogP contribution < -0.4 is 10.1 Å². The molecular formula is C21H25N3O3. The van der Waals surface area contributed by atoms with E-state index >= 15 is 0 Å². The SMILES string of the molecule is COCCCNC(=O)Cn1c(COc2ccccc2C)nc2ccccc21. The third-order valence-corrected chi connectivity index (χ3v) is 4.33. The summed E-state index contributed by atoms with van der Waals surface area (Å²) in [6.45, 7) is 3.74. The molecule has 0 unspecified atom stereocenters. The molecule has 0 saturated carbocycles. The Morgan fingerprint density at radius 2 is 1.93 bits per heavy atom. The molecule has 1 heterocycles. The van der Waals surface area contributed by atoms with Gasteiger partial charge in [-0.25, -0.2) is 4.98 Å². The molecule has 0 fully saturated rings. The van der Waals surface area contributed by atoms with E-state index < -0.39 is 0 Å². The van der Waals surface area contributed by atoms with Crippen molar-refractivity contribution in [2.24, 2.45) is 0 Å². The molecule has 0 spiro atoms. The quantitative estimate of drug-likeness (QED) is 0.590. The number of carbonyl (C=O) groups excluding carboxylic acids is 1. The number of imidazole rings is 1. The zero-order valence-corrected chi connectivity index (χ0v) is 15.8. The van der Waals surface area contributed by atoms with Gasteiger partial charge in [0.25, 0.3) is 0 Å². The average Bonchev–Trinajstić information content (AvgIpc) is 3.02. The highest BCUT2D eigenvalue weighted by Crippen LogP contribution is 2.20. The maximum Gasteiger partial charge on any atom is 0.240 e. The van der Waals surface area contributed by atoms with Gasteiger partial charge in [0.15, 0.2) is 0 Å². The van der Waals surface area contributed by atoms with Crippen LogP contribution in [0.5, 0.6) is 5.75 Å². The molecule has 0 bridgehead atoms. The molecular weight excluding hydrogens is 342 g/mol. The highest BCUT2D eigenvalue weighted by Gasteiger charge is 2.14. The van der Waals surface area contributed by atoms with E-state index in [9.17, 15) is 4.79 Å². The van der Waals surface area contributed by atoms with Crippen molar-refractivity contribution < 1.29 is 14.3 Å². The number of fused-ring (bicyclic) bond motifs is 1. The summed E-state index contributed by atoms with van der Waals surface area (Å²) in [5.74, 6) is 1.50. The minimum Gasteiger partial charge on any atom is -0.485 e. The van der Waals surface area contributed by atoms with Crippen LogP contribution in [-0.4, -0.2) is 35.7 Å². The lowest BCUT2D eigenvalue weighted by Gasteiger charge is -2.12. The summed E-state index contributed by atoms with van der Waals surface area (Å²) < 4.78 is 12.9. The van der Waals surface area contributed by atoms with Crippen LogP contribution in [0.3, 0.4) is 0 Å². The van der Waals surface area contributed by atoms with Crippen molar-refractivity contribution in [3.63, 3.8) is 0 Å². The number of amides is 1. The number of aromatic nitrogens is 2. The number of rotatable bonds is 9. The van der Waals surface area contributed by atoms with E-state index in [-0.39, 0.29) is 12.5 Å². The van der Waals surface area contributed by atoms with Gasteiger partial charge < -0.3 is 19.4 Å². The first kappa shape index (κ1) is 18.9. The van der Waals surface area contributed by atoms with Gasteiger partial charge in [-0.1, -0.05) is 30.3 Å². The van der Waals surface area contributed by atoms with Crippen LogP contribution in [0.4, 0.5) is 0 Å². The van der Waals surface area contributed by atoms with Crippen LogP contribution in [0.1, 0.15) is 17.8 Å². The molecule has 3 rings (SSSR count). The molecule has 1 aromatic heterocycles. The van der Waals surface area contributed by atoms with Crippen LogP contribution >= 0.6 is 0 Å². The van der Waals surface area contributed by atoms with Gasteiger partial charge in [-0.2, -0.15) is 0 Å². The molecule has 142 valence electrons. The Bertz CT molecular complexity index is 905. The van der Waals surface area contributed by atoms with Crippen LogP contribution in [-0.2, 0) is 22.7 Å². The standard InChI is InChI=1S/C21H25N3O3/c1-16-8-3-6-11-19(16)27-15-20-23-17-9-4-5-10-18(17)24(20)14-21(25)22-12-7-13-26-2/h3-6,8-11H,7,12-15H2,1-2H3,(H,22,25). The van der Waals surface area contributed by atoms with E-state index in [0.717, 1.165) is 34.6 Å². The number of ether oxygens (including phenoxy) is 2. The van der Waals surface area contributed by atoms with Gasteiger partial charge in [0.2, 0.25) is 5.91 Å². The van der Waals surface area contributed by atoms with E-state index in [1.54, 1.807) is 7.11 Å². The number of hydrogen-bond acceptors (Lipinski definition) is 4. The van der Waals surface area contributed by atoms with Gasteiger partial charge in [-0.3, -0.25) is 4.79 Å². The maximum absolute atomic E-state index is 12.4. The van der Waals surface area contributed by atoms with Crippen molar-refractivity contribution in [3.8, 4) is 5.75 Å². The van der Waals surface area contributed by atoms with Crippen molar-refractivity contribution >= 4 is 16.9 Å². The van der Waals surface area contributed by atoms with Crippen molar-refractivity contribution in [2.45, 2.75) is 26.5 Å². The highest BCUT2D eigenvalue weighted by molar-refractivity contribution is 5.81. The number of nitrogens with zero attached hydrogens (tertiary/aromatic N) is 2. The lowest BCUT2D eigenvalue weighted by molar-refractivity contribution is -0.121. The van der Waals surface area contributed by atoms with Crippen LogP contribution in [0, 0.1) is 6.92 Å². The fourth-order valence-corrected chi connectivity index (χ4v) is 2.92. The second-order valence-corrected chi connectivity index (χ2v) is 6.35. The molecule has 0 aliphatic rings. The van der Waals surface area contributed by atoms with E-state index in [4.69, 9.17) is 9.47 Å². The summed E-state index contributed by atoms with van der Waals surface area (Å²) >= 11 is 0. The van der Waals surface area contributed by atoms with E-state index in [1.165, 1.54) is 0 Å². The fraction of sp³-hybridized carbons (Fsp3) is 0.333. The van der Waals surface area contributed by atoms with Crippen LogP contribution in [0.2, 0.25) is 0 Å². The Morgan fingerprint density at radius 1 is 1.15 bits per heavy atom. The Balaban J connectivity index is 1.75. The molecule has 0 radical (unpaired) electrons. The van der Waals surface area contributed by atoms with E-state index in [2.05, 4.69) is 10.3 Å². The molecule has 6 nitrogen and oxygen atoms in total. The fourth-order valence-electron chi connectivity index (χ4n) is 2.92. The van der Waals surface area contributed by atoms with Crippen molar-refractivity contribution in [3.05, 3.63) is 59.9 Å². The van der Waals surface area contributed by atoms with Crippen LogP contribution in [0.25, 0.3) is 11.0 Å². The summed E-state index contributed by atoms with van der Waals surface area (Å²) in [7, 11) is 1.65. The minimum atomic E-state index is -0.0496. The summed E-state index contributed by atoms with van der Waals surface area (Å²) in [5, 5.41) is 2.92. The third kappa shape index (κ3) is 4.86. The Hall–Kier alpha value is -2.86. The van der Waals surface area contributed by atoms with Gasteiger partial charge in [0.05, 0.1) is 11.0 Å². The first-order valence-corrected chi connectivity index (χ1v) is 9.07. The molecule has 6 heteroatoms. The number of nitrogens with one attached hydrogen (secondary N) is 1. The molecule has 27 heavy (non-hydrogen) atoms. The number of methoxy groups -OCH3 is 1. The van der Waals surface area contributed by atoms with E-state index in [1.807, 2.05) is 60.0 Å². The first-order valence-electron chi connectivity index (χ1n) is 9.07. The zero-order valence-electron chi connectivity index (χ0n) is 15.8. The van der Waals surface area contributed by atoms with Gasteiger partial charge in [-0.05, 0) is 37.1 Å². The Kier molecular flexibility index (Phi) is 6.44. The predicted molar refractivity (Wildman–Crippen MR) is 105 cm³/mol. The Labute approximate surface area is 159 Å². The maximum atomic E-state index is 12.4. The second-order valence-electron chi connectivity index (χ2n) is 6.35. The number of para-hydroxylation sites is 3. The number of hydrogen-bond donors (Lipinski definition) is 1. The van der Waals surface area contributed by atoms with Crippen molar-refractivity contribution in [2.75, 3.05) is 20.3 Å². The first-order chi connectivity index (χ1) is 13.2. The number of benzene rings is 2. The molecule has 2 aromatic carbocycles. The summed E-state index contributed by atoms with van der Waals surface area (Å²) in [4.78, 5) is 17.0. The topological polar surface area (TPSA) is 65.4 Å². The number of aryl methyl sites for hydroxylation is 1. The van der Waals surface area contributed by atoms with Gasteiger partial charge >= 0.3 is 0 Å². The molecule has 1 N–H and O–H groups in total. The zero-order chi connectivity index (χ0) is 19.1. The largest absolute Gasteiger partial charge is 0.485 e. The summed E-state index contributed by atoms with van der Waals surface area (Å²) in [5.41, 5.74) is 2.84. The number of carbonyl (C=O) groups is 1. The van der Waals surface area contributed by atoms with Crippen molar-refractivity contribution in [1.82, 2.24) is 14.9 Å². The average molecular weight is 367 g/mol. The summed E-state index contributed by atoms with van der Waals surface area (Å²) in [6, 6.07) is 15.7. The lowest BCUT2D eigenvalue weighted by atomic mass is 10.2. The predicted octanol–water partition coefficient (Wildman–Crippen LogP) is 3.08. The highest BCUT2D eigenvalue weighted by atomic mass is 16.5.